The molecular weight excluding hydrogens is 356 g/mol. The van der Waals surface area contributed by atoms with Gasteiger partial charge in [0.25, 0.3) is 5.69 Å². The maximum Gasteiger partial charge on any atom is 0.336 e. The van der Waals surface area contributed by atoms with Crippen molar-refractivity contribution in [2.24, 2.45) is 4.99 Å². The predicted octanol–water partition coefficient (Wildman–Crippen LogP) is 4.97. The second kappa shape index (κ2) is 9.60. The first-order chi connectivity index (χ1) is 13.6. The zero-order chi connectivity index (χ0) is 19.8. The number of benzene rings is 2. The molecule has 3 rings (SSSR count). The van der Waals surface area contributed by atoms with Gasteiger partial charge in [0.15, 0.2) is 0 Å². The van der Waals surface area contributed by atoms with Gasteiger partial charge in [0.05, 0.1) is 4.92 Å². The summed E-state index contributed by atoms with van der Waals surface area (Å²) in [6.45, 7) is 0. The van der Waals surface area contributed by atoms with Gasteiger partial charge in [-0.05, 0) is 66.4 Å². The van der Waals surface area contributed by atoms with Crippen LogP contribution in [0.5, 0.6) is 5.75 Å². The van der Waals surface area contributed by atoms with Gasteiger partial charge >= 0.3 is 5.97 Å². The fraction of sp³-hybridized carbons (Fsp3) is 0.273. The van der Waals surface area contributed by atoms with Crippen molar-refractivity contribution in [2.75, 3.05) is 0 Å². The molecule has 1 aliphatic rings. The highest BCUT2D eigenvalue weighted by molar-refractivity contribution is 5.89. The van der Waals surface area contributed by atoms with Crippen LogP contribution in [0.1, 0.15) is 43.2 Å². The van der Waals surface area contributed by atoms with Crippen LogP contribution < -0.4 is 4.74 Å². The number of rotatable bonds is 6. The number of esters is 1. The first-order valence-corrected chi connectivity index (χ1v) is 9.38. The molecule has 1 saturated carbocycles. The van der Waals surface area contributed by atoms with E-state index in [1.165, 1.54) is 37.5 Å². The monoisotopic (exact) mass is 378 g/mol. The van der Waals surface area contributed by atoms with Crippen molar-refractivity contribution in [1.82, 2.24) is 0 Å². The highest BCUT2D eigenvalue weighted by atomic mass is 16.6. The Balaban J connectivity index is 1.52. The molecule has 144 valence electrons. The lowest BCUT2D eigenvalue weighted by Crippen LogP contribution is -2.09. The molecule has 0 aromatic heterocycles. The van der Waals surface area contributed by atoms with Crippen molar-refractivity contribution in [1.29, 1.82) is 0 Å². The molecule has 2 aromatic carbocycles. The molecule has 0 unspecified atom stereocenters. The van der Waals surface area contributed by atoms with Gasteiger partial charge in [0.1, 0.15) is 5.75 Å². The summed E-state index contributed by atoms with van der Waals surface area (Å²) in [4.78, 5) is 26.7. The van der Waals surface area contributed by atoms with Crippen molar-refractivity contribution in [2.45, 2.75) is 38.1 Å². The second-order valence-corrected chi connectivity index (χ2v) is 6.74. The summed E-state index contributed by atoms with van der Waals surface area (Å²) < 4.78 is 5.27. The quantitative estimate of drug-likeness (QED) is 0.178. The predicted molar refractivity (Wildman–Crippen MR) is 109 cm³/mol. The largest absolute Gasteiger partial charge is 0.423 e. The minimum Gasteiger partial charge on any atom is -0.423 e. The highest BCUT2D eigenvalue weighted by Gasteiger charge is 2.10. The number of nitro benzene ring substituents is 1. The number of ether oxygens (including phenoxy) is 1. The Morgan fingerprint density at radius 1 is 1.00 bits per heavy atom. The van der Waals surface area contributed by atoms with Crippen LogP contribution in [0.4, 0.5) is 5.69 Å². The van der Waals surface area contributed by atoms with Gasteiger partial charge in [-0.25, -0.2) is 4.79 Å². The zero-order valence-electron chi connectivity index (χ0n) is 15.5. The van der Waals surface area contributed by atoms with Crippen molar-refractivity contribution >= 4 is 23.9 Å². The molecule has 0 bridgehead atoms. The molecule has 6 nitrogen and oxygen atoms in total. The lowest BCUT2D eigenvalue weighted by Gasteiger charge is -2.17. The summed E-state index contributed by atoms with van der Waals surface area (Å²) >= 11 is 0. The summed E-state index contributed by atoms with van der Waals surface area (Å²) in [7, 11) is 0. The van der Waals surface area contributed by atoms with Crippen LogP contribution in [0.25, 0.3) is 6.08 Å². The molecule has 0 N–H and O–H groups in total. The van der Waals surface area contributed by atoms with E-state index in [1.807, 2.05) is 18.3 Å². The molecule has 28 heavy (non-hydrogen) atoms. The Morgan fingerprint density at radius 2 is 1.64 bits per heavy atom. The Hall–Kier alpha value is -3.28. The molecule has 0 amide bonds. The third kappa shape index (κ3) is 5.87. The number of hydrogen-bond acceptors (Lipinski definition) is 5. The van der Waals surface area contributed by atoms with Gasteiger partial charge in [-0.15, -0.1) is 0 Å². The number of nitro groups is 1. The molecule has 1 aliphatic carbocycles. The fourth-order valence-electron chi connectivity index (χ4n) is 3.07. The molecule has 1 fully saturated rings. The van der Waals surface area contributed by atoms with Gasteiger partial charge in [-0.2, -0.15) is 0 Å². The maximum absolute atomic E-state index is 11.9. The van der Waals surface area contributed by atoms with Crippen LogP contribution in [0, 0.1) is 10.1 Å². The van der Waals surface area contributed by atoms with Crippen LogP contribution in [0.2, 0.25) is 0 Å². The number of nitrogens with zero attached hydrogens (tertiary/aromatic N) is 2. The lowest BCUT2D eigenvalue weighted by atomic mass is 9.96. The number of aliphatic imine (C=N–C) groups is 1. The SMILES string of the molecule is O=C(/C=C/c1ccc([N+](=O)[O-])cc1)Oc1ccc(C=NC2CCCCC2)cc1. The number of hydrogen-bond donors (Lipinski definition) is 0. The van der Waals surface area contributed by atoms with E-state index in [2.05, 4.69) is 4.99 Å². The number of non-ortho nitro benzene ring substituents is 1. The van der Waals surface area contributed by atoms with Crippen molar-refractivity contribution in [3.63, 3.8) is 0 Å². The minimum atomic E-state index is -0.512. The zero-order valence-corrected chi connectivity index (χ0v) is 15.5. The Labute approximate surface area is 163 Å². The van der Waals surface area contributed by atoms with E-state index in [0.29, 0.717) is 17.4 Å². The number of carbonyl (C=O) groups excluding carboxylic acids is 1. The maximum atomic E-state index is 11.9. The average molecular weight is 378 g/mol. The Kier molecular flexibility index (Phi) is 6.68. The van der Waals surface area contributed by atoms with Crippen LogP contribution >= 0.6 is 0 Å². The van der Waals surface area contributed by atoms with Gasteiger partial charge in [0.2, 0.25) is 0 Å². The van der Waals surface area contributed by atoms with Gasteiger partial charge in [-0.3, -0.25) is 15.1 Å². The summed E-state index contributed by atoms with van der Waals surface area (Å²) in [5.41, 5.74) is 1.66. The normalized spacial score (nSPS) is 15.1. The van der Waals surface area contributed by atoms with Gasteiger partial charge in [0, 0.05) is 30.5 Å². The number of carbonyl (C=O) groups is 1. The van der Waals surface area contributed by atoms with E-state index in [9.17, 15) is 14.9 Å². The van der Waals surface area contributed by atoms with E-state index >= 15 is 0 Å². The van der Waals surface area contributed by atoms with Gasteiger partial charge < -0.3 is 4.74 Å². The Bertz CT molecular complexity index is 864. The van der Waals surface area contributed by atoms with Gasteiger partial charge in [-0.1, -0.05) is 19.3 Å². The summed E-state index contributed by atoms with van der Waals surface area (Å²) in [6, 6.07) is 13.6. The average Bonchev–Trinajstić information content (AvgIpc) is 2.73. The smallest absolute Gasteiger partial charge is 0.336 e. The first kappa shape index (κ1) is 19.5. The standard InChI is InChI=1S/C22H22N2O4/c25-22(15-10-17-6-11-20(12-7-17)24(26)27)28-21-13-8-18(9-14-21)16-23-19-4-2-1-3-5-19/h6-16,19H,1-5H2/b15-10+,23-16?. The van der Waals surface area contributed by atoms with E-state index in [-0.39, 0.29) is 5.69 Å². The van der Waals surface area contributed by atoms with E-state index in [0.717, 1.165) is 18.4 Å². The van der Waals surface area contributed by atoms with Crippen LogP contribution in [-0.2, 0) is 4.79 Å². The molecule has 2 aromatic rings. The topological polar surface area (TPSA) is 81.8 Å². The van der Waals surface area contributed by atoms with E-state index in [1.54, 1.807) is 30.3 Å². The van der Waals surface area contributed by atoms with E-state index in [4.69, 9.17) is 4.74 Å². The molecular formula is C22H22N2O4. The summed E-state index contributed by atoms with van der Waals surface area (Å²) in [5.74, 6) is -0.0601. The lowest BCUT2D eigenvalue weighted by molar-refractivity contribution is -0.384. The third-order valence-electron chi connectivity index (χ3n) is 4.62. The molecule has 0 saturated heterocycles. The highest BCUT2D eigenvalue weighted by Crippen LogP contribution is 2.20. The van der Waals surface area contributed by atoms with E-state index < -0.39 is 10.9 Å². The van der Waals surface area contributed by atoms with Crippen molar-refractivity contribution < 1.29 is 14.5 Å². The second-order valence-electron chi connectivity index (χ2n) is 6.74. The summed E-state index contributed by atoms with van der Waals surface area (Å²) in [5, 5.41) is 10.6. The fourth-order valence-corrected chi connectivity index (χ4v) is 3.07. The van der Waals surface area contributed by atoms with Crippen LogP contribution in [0.15, 0.2) is 59.6 Å². The summed E-state index contributed by atoms with van der Waals surface area (Å²) in [6.07, 6.45) is 10.9. The molecule has 0 aliphatic heterocycles. The molecule has 6 heteroatoms. The van der Waals surface area contributed by atoms with Crippen LogP contribution in [0.3, 0.4) is 0 Å². The van der Waals surface area contributed by atoms with Crippen molar-refractivity contribution in [3.05, 3.63) is 75.8 Å². The van der Waals surface area contributed by atoms with Crippen molar-refractivity contribution in [3.8, 4) is 5.75 Å². The third-order valence-corrected chi connectivity index (χ3v) is 4.62. The molecule has 0 radical (unpaired) electrons. The first-order valence-electron chi connectivity index (χ1n) is 9.38. The molecule has 0 atom stereocenters. The molecule has 0 spiro atoms. The Morgan fingerprint density at radius 3 is 2.29 bits per heavy atom. The molecule has 0 heterocycles. The van der Waals surface area contributed by atoms with Crippen LogP contribution in [-0.4, -0.2) is 23.1 Å². The minimum absolute atomic E-state index is 0.00634.